The van der Waals surface area contributed by atoms with E-state index in [-0.39, 0.29) is 6.03 Å². The Bertz CT molecular complexity index is 892. The van der Waals surface area contributed by atoms with E-state index in [1.165, 1.54) is 21.8 Å². The van der Waals surface area contributed by atoms with E-state index in [9.17, 15) is 4.79 Å². The number of hydrogen-bond donors (Lipinski definition) is 2. The smallest absolute Gasteiger partial charge is 0.319 e. The van der Waals surface area contributed by atoms with E-state index in [0.717, 1.165) is 22.7 Å². The van der Waals surface area contributed by atoms with Gasteiger partial charge in [-0.3, -0.25) is 0 Å². The number of thiophene rings is 1. The van der Waals surface area contributed by atoms with Gasteiger partial charge in [-0.1, -0.05) is 11.3 Å². The SMILES string of the molecule is CC1(CNC(=O)Nc2ccc(-c3nncs3)cc2)OCCc2sccc21. The molecule has 0 aliphatic carbocycles. The summed E-state index contributed by atoms with van der Waals surface area (Å²) in [6.45, 7) is 3.13. The standard InChI is InChI=1S/C18H18N4O2S2/c1-18(14-7-9-25-15(14)6-8-24-18)10-19-17(23)21-13-4-2-12(3-5-13)16-22-20-11-26-16/h2-5,7,9,11H,6,8,10H2,1H3,(H2,19,21,23). The molecule has 0 saturated carbocycles. The zero-order chi connectivity index (χ0) is 18.0. The lowest BCUT2D eigenvalue weighted by Gasteiger charge is -2.34. The molecule has 2 N–H and O–H groups in total. The minimum Gasteiger partial charge on any atom is -0.368 e. The molecule has 0 saturated heterocycles. The van der Waals surface area contributed by atoms with E-state index in [4.69, 9.17) is 4.74 Å². The Balaban J connectivity index is 1.36. The van der Waals surface area contributed by atoms with Crippen molar-refractivity contribution in [3.05, 3.63) is 51.7 Å². The van der Waals surface area contributed by atoms with Crippen LogP contribution < -0.4 is 10.6 Å². The molecule has 0 bridgehead atoms. The number of benzene rings is 1. The Morgan fingerprint density at radius 2 is 2.12 bits per heavy atom. The molecular weight excluding hydrogens is 368 g/mol. The first-order chi connectivity index (χ1) is 12.6. The quantitative estimate of drug-likeness (QED) is 0.713. The molecule has 0 radical (unpaired) electrons. The van der Waals surface area contributed by atoms with Gasteiger partial charge in [0.1, 0.15) is 16.1 Å². The first kappa shape index (κ1) is 17.1. The normalized spacial score (nSPS) is 19.0. The van der Waals surface area contributed by atoms with Crippen LogP contribution in [0.1, 0.15) is 17.4 Å². The Labute approximate surface area is 159 Å². The number of nitrogens with zero attached hydrogens (tertiary/aromatic N) is 2. The molecule has 2 amide bonds. The number of rotatable bonds is 4. The third-order valence-corrected chi connectivity index (χ3v) is 6.12. The molecule has 4 rings (SSSR count). The fraction of sp³-hybridized carbons (Fsp3) is 0.278. The summed E-state index contributed by atoms with van der Waals surface area (Å²) < 4.78 is 5.96. The summed E-state index contributed by atoms with van der Waals surface area (Å²) >= 11 is 3.23. The van der Waals surface area contributed by atoms with Gasteiger partial charge in [-0.05, 0) is 48.2 Å². The Morgan fingerprint density at radius 3 is 2.88 bits per heavy atom. The molecular formula is C18H18N4O2S2. The van der Waals surface area contributed by atoms with Crippen LogP contribution in [0.25, 0.3) is 10.6 Å². The highest BCUT2D eigenvalue weighted by Gasteiger charge is 2.34. The van der Waals surface area contributed by atoms with Crippen LogP contribution in [0.15, 0.2) is 41.2 Å². The van der Waals surface area contributed by atoms with E-state index in [2.05, 4.69) is 32.3 Å². The van der Waals surface area contributed by atoms with Crippen LogP contribution in [-0.2, 0) is 16.8 Å². The van der Waals surface area contributed by atoms with Crippen molar-refractivity contribution in [3.63, 3.8) is 0 Å². The minimum absolute atomic E-state index is 0.249. The molecule has 1 aromatic carbocycles. The van der Waals surface area contributed by atoms with E-state index in [0.29, 0.717) is 13.2 Å². The lowest BCUT2D eigenvalue weighted by atomic mass is 9.93. The number of amides is 2. The highest BCUT2D eigenvalue weighted by Crippen LogP contribution is 2.35. The van der Waals surface area contributed by atoms with Crippen LogP contribution >= 0.6 is 22.7 Å². The Hall–Kier alpha value is -2.29. The van der Waals surface area contributed by atoms with Gasteiger partial charge >= 0.3 is 6.03 Å². The van der Waals surface area contributed by atoms with Gasteiger partial charge in [0.2, 0.25) is 0 Å². The van der Waals surface area contributed by atoms with E-state index < -0.39 is 5.60 Å². The molecule has 3 heterocycles. The predicted octanol–water partition coefficient (Wildman–Crippen LogP) is 3.88. The average Bonchev–Trinajstić information content (AvgIpc) is 3.33. The van der Waals surface area contributed by atoms with Crippen LogP contribution in [0, 0.1) is 0 Å². The lowest BCUT2D eigenvalue weighted by molar-refractivity contribution is -0.0416. The van der Waals surface area contributed by atoms with Crippen molar-refractivity contribution in [1.82, 2.24) is 15.5 Å². The molecule has 0 fully saturated rings. The van der Waals surface area contributed by atoms with Gasteiger partial charge in [0.05, 0.1) is 13.2 Å². The van der Waals surface area contributed by atoms with Crippen molar-refractivity contribution in [2.75, 3.05) is 18.5 Å². The lowest BCUT2D eigenvalue weighted by Crippen LogP contribution is -2.44. The molecule has 1 atom stereocenters. The highest BCUT2D eigenvalue weighted by molar-refractivity contribution is 7.12. The Kier molecular flexibility index (Phi) is 4.71. The summed E-state index contributed by atoms with van der Waals surface area (Å²) in [5.74, 6) is 0. The summed E-state index contributed by atoms with van der Waals surface area (Å²) in [4.78, 5) is 13.6. The third kappa shape index (κ3) is 3.48. The molecule has 134 valence electrons. The van der Waals surface area contributed by atoms with E-state index >= 15 is 0 Å². The minimum atomic E-state index is -0.480. The summed E-state index contributed by atoms with van der Waals surface area (Å²) in [5, 5.41) is 16.6. The molecule has 26 heavy (non-hydrogen) atoms. The van der Waals surface area contributed by atoms with E-state index in [1.54, 1.807) is 16.8 Å². The van der Waals surface area contributed by atoms with Crippen molar-refractivity contribution in [1.29, 1.82) is 0 Å². The predicted molar refractivity (Wildman–Crippen MR) is 104 cm³/mol. The van der Waals surface area contributed by atoms with Crippen molar-refractivity contribution < 1.29 is 9.53 Å². The zero-order valence-electron chi connectivity index (χ0n) is 14.2. The largest absolute Gasteiger partial charge is 0.368 e. The van der Waals surface area contributed by atoms with Gasteiger partial charge < -0.3 is 15.4 Å². The second kappa shape index (κ2) is 7.14. The number of carbonyl (C=O) groups is 1. The number of ether oxygens (including phenoxy) is 1. The zero-order valence-corrected chi connectivity index (χ0v) is 15.8. The first-order valence-electron chi connectivity index (χ1n) is 8.26. The highest BCUT2D eigenvalue weighted by atomic mass is 32.1. The maximum absolute atomic E-state index is 12.3. The summed E-state index contributed by atoms with van der Waals surface area (Å²) in [5.41, 5.74) is 4.10. The Morgan fingerprint density at radius 1 is 1.27 bits per heavy atom. The summed E-state index contributed by atoms with van der Waals surface area (Å²) in [6, 6.07) is 9.38. The molecule has 1 unspecified atom stereocenters. The molecule has 3 aromatic rings. The van der Waals surface area contributed by atoms with Gasteiger partial charge in [0, 0.05) is 22.5 Å². The van der Waals surface area contributed by atoms with Crippen LogP contribution in [0.2, 0.25) is 0 Å². The molecule has 0 spiro atoms. The van der Waals surface area contributed by atoms with Crippen molar-refractivity contribution in [2.24, 2.45) is 0 Å². The van der Waals surface area contributed by atoms with Crippen molar-refractivity contribution in [3.8, 4) is 10.6 Å². The van der Waals surface area contributed by atoms with Crippen LogP contribution in [0.3, 0.4) is 0 Å². The number of carbonyl (C=O) groups excluding carboxylic acids is 1. The number of fused-ring (bicyclic) bond motifs is 1. The number of aromatic nitrogens is 2. The van der Waals surface area contributed by atoms with Gasteiger partial charge in [-0.2, -0.15) is 0 Å². The fourth-order valence-corrected chi connectivity index (χ4v) is 4.56. The monoisotopic (exact) mass is 386 g/mol. The number of anilines is 1. The second-order valence-corrected chi connectivity index (χ2v) is 8.05. The van der Waals surface area contributed by atoms with Crippen molar-refractivity contribution in [2.45, 2.75) is 18.9 Å². The molecule has 8 heteroatoms. The molecule has 1 aliphatic heterocycles. The topological polar surface area (TPSA) is 76.1 Å². The van der Waals surface area contributed by atoms with Gasteiger partial charge in [0.15, 0.2) is 0 Å². The second-order valence-electron chi connectivity index (χ2n) is 6.22. The average molecular weight is 387 g/mol. The van der Waals surface area contributed by atoms with Crippen LogP contribution in [-0.4, -0.2) is 29.4 Å². The molecule has 1 aliphatic rings. The summed E-state index contributed by atoms with van der Waals surface area (Å²) in [7, 11) is 0. The third-order valence-electron chi connectivity index (χ3n) is 4.40. The molecule has 6 nitrogen and oxygen atoms in total. The first-order valence-corrected chi connectivity index (χ1v) is 10.0. The number of nitrogens with one attached hydrogen (secondary N) is 2. The van der Waals surface area contributed by atoms with E-state index in [1.807, 2.05) is 31.2 Å². The molecule has 2 aromatic heterocycles. The number of urea groups is 1. The van der Waals surface area contributed by atoms with Crippen LogP contribution in [0.4, 0.5) is 10.5 Å². The number of hydrogen-bond acceptors (Lipinski definition) is 6. The van der Waals surface area contributed by atoms with Crippen molar-refractivity contribution >= 4 is 34.4 Å². The van der Waals surface area contributed by atoms with Gasteiger partial charge in [0.25, 0.3) is 0 Å². The van der Waals surface area contributed by atoms with Gasteiger partial charge in [-0.25, -0.2) is 4.79 Å². The fourth-order valence-electron chi connectivity index (χ4n) is 3.02. The maximum Gasteiger partial charge on any atom is 0.319 e. The maximum atomic E-state index is 12.3. The van der Waals surface area contributed by atoms with Crippen LogP contribution in [0.5, 0.6) is 0 Å². The summed E-state index contributed by atoms with van der Waals surface area (Å²) in [6.07, 6.45) is 0.940. The van der Waals surface area contributed by atoms with Gasteiger partial charge in [-0.15, -0.1) is 21.5 Å².